The van der Waals surface area contributed by atoms with Crippen molar-refractivity contribution < 1.29 is 13.2 Å². The Kier molecular flexibility index (Phi) is 5.36. The fraction of sp³-hybridized carbons (Fsp3) is 0.105. The number of hydrogen-bond donors (Lipinski definition) is 1. The number of rotatable bonds is 5. The second kappa shape index (κ2) is 8.11. The Balaban J connectivity index is 1.86. The van der Waals surface area contributed by atoms with Gasteiger partial charge in [-0.1, -0.05) is 27.1 Å². The van der Waals surface area contributed by atoms with E-state index in [9.17, 15) is 9.18 Å². The van der Waals surface area contributed by atoms with Crippen LogP contribution in [0.2, 0.25) is 0 Å². The van der Waals surface area contributed by atoms with Crippen molar-refractivity contribution in [2.75, 3.05) is 5.73 Å². The molecule has 4 aromatic rings. The lowest BCUT2D eigenvalue weighted by atomic mass is 10.00. The third-order valence-electron chi connectivity index (χ3n) is 4.33. The lowest BCUT2D eigenvalue weighted by Crippen LogP contribution is -2.26. The van der Waals surface area contributed by atoms with Gasteiger partial charge in [-0.25, -0.2) is 8.78 Å². The Morgan fingerprint density at radius 2 is 2.03 bits per heavy atom. The number of halogens is 3. The fourth-order valence-corrected chi connectivity index (χ4v) is 3.26. The van der Waals surface area contributed by atoms with Gasteiger partial charge in [-0.05, 0) is 17.7 Å². The molecule has 0 radical (unpaired) electrons. The van der Waals surface area contributed by atoms with Gasteiger partial charge >= 0.3 is 6.01 Å². The molecule has 0 aliphatic rings. The van der Waals surface area contributed by atoms with Gasteiger partial charge in [0, 0.05) is 35.0 Å². The van der Waals surface area contributed by atoms with Gasteiger partial charge in [0.05, 0.1) is 24.0 Å². The molecule has 0 saturated carbocycles. The van der Waals surface area contributed by atoms with E-state index in [1.165, 1.54) is 36.9 Å². The van der Waals surface area contributed by atoms with Gasteiger partial charge in [0.25, 0.3) is 11.4 Å². The Hall–Kier alpha value is -3.47. The van der Waals surface area contributed by atoms with Crippen molar-refractivity contribution in [2.24, 2.45) is 0 Å². The van der Waals surface area contributed by atoms with Gasteiger partial charge in [-0.3, -0.25) is 14.8 Å². The molecule has 8 nitrogen and oxygen atoms in total. The van der Waals surface area contributed by atoms with Crippen LogP contribution in [0.25, 0.3) is 11.5 Å². The third-order valence-corrected chi connectivity index (χ3v) is 4.82. The topological polar surface area (TPSA) is 113 Å². The molecule has 152 valence electrons. The highest BCUT2D eigenvalue weighted by Gasteiger charge is 2.22. The summed E-state index contributed by atoms with van der Waals surface area (Å²) in [7, 11) is 0. The number of pyridine rings is 1. The standard InChI is InChI=1S/C19H13BrF2N6O2/c20-11-2-1-10(15(21)6-11)5-13-14(17-26-27-19(23)30-17)9-28(18(29)16(13)22)8-12-7-24-3-4-25-12/h1-4,6-7,9H,5,8H2,(H2,23,27). The fourth-order valence-electron chi connectivity index (χ4n) is 2.93. The molecule has 0 unspecified atom stereocenters. The van der Waals surface area contributed by atoms with E-state index in [1.807, 2.05) is 0 Å². The Morgan fingerprint density at radius 1 is 1.20 bits per heavy atom. The predicted molar refractivity (Wildman–Crippen MR) is 106 cm³/mol. The zero-order chi connectivity index (χ0) is 21.3. The number of aromatic nitrogens is 5. The van der Waals surface area contributed by atoms with Crippen LogP contribution in [0.4, 0.5) is 14.8 Å². The number of benzene rings is 1. The van der Waals surface area contributed by atoms with E-state index < -0.39 is 17.2 Å². The number of nitrogen functional groups attached to an aromatic ring is 1. The molecule has 0 saturated heterocycles. The van der Waals surface area contributed by atoms with E-state index in [0.29, 0.717) is 10.2 Å². The molecule has 30 heavy (non-hydrogen) atoms. The predicted octanol–water partition coefficient (Wildman–Crippen LogP) is 2.95. The zero-order valence-electron chi connectivity index (χ0n) is 15.2. The normalized spacial score (nSPS) is 11.0. The van der Waals surface area contributed by atoms with E-state index in [2.05, 4.69) is 36.1 Å². The van der Waals surface area contributed by atoms with Gasteiger partial charge in [-0.2, -0.15) is 0 Å². The second-order valence-corrected chi connectivity index (χ2v) is 7.24. The molecule has 3 aromatic heterocycles. The number of anilines is 1. The molecule has 2 N–H and O–H groups in total. The summed E-state index contributed by atoms with van der Waals surface area (Å²) in [6.45, 7) is -0.0346. The van der Waals surface area contributed by atoms with Gasteiger partial charge < -0.3 is 14.7 Å². The SMILES string of the molecule is Nc1nnc(-c2cn(Cc3cnccn3)c(=O)c(F)c2Cc2ccc(Br)cc2F)o1. The highest BCUT2D eigenvalue weighted by atomic mass is 79.9. The molecule has 0 bridgehead atoms. The number of hydrogen-bond acceptors (Lipinski definition) is 7. The molecule has 0 spiro atoms. The van der Waals surface area contributed by atoms with Crippen LogP contribution in [0.15, 0.2) is 56.7 Å². The van der Waals surface area contributed by atoms with Crippen molar-refractivity contribution in [3.05, 3.63) is 86.3 Å². The lowest BCUT2D eigenvalue weighted by molar-refractivity contribution is 0.554. The highest BCUT2D eigenvalue weighted by molar-refractivity contribution is 9.10. The summed E-state index contributed by atoms with van der Waals surface area (Å²) in [4.78, 5) is 20.7. The first-order valence-electron chi connectivity index (χ1n) is 8.62. The van der Waals surface area contributed by atoms with Gasteiger partial charge in [-0.15, -0.1) is 5.10 Å². The molecule has 0 aliphatic carbocycles. The van der Waals surface area contributed by atoms with Crippen molar-refractivity contribution >= 4 is 21.9 Å². The van der Waals surface area contributed by atoms with Crippen molar-refractivity contribution in [2.45, 2.75) is 13.0 Å². The van der Waals surface area contributed by atoms with Crippen LogP contribution in [-0.2, 0) is 13.0 Å². The molecule has 11 heteroatoms. The van der Waals surface area contributed by atoms with Crippen LogP contribution >= 0.6 is 15.9 Å². The first-order chi connectivity index (χ1) is 14.4. The van der Waals surface area contributed by atoms with Crippen LogP contribution in [-0.4, -0.2) is 24.7 Å². The van der Waals surface area contributed by atoms with Gasteiger partial charge in [0.2, 0.25) is 0 Å². The quantitative estimate of drug-likeness (QED) is 0.472. The molecule has 0 atom stereocenters. The smallest absolute Gasteiger partial charge is 0.313 e. The summed E-state index contributed by atoms with van der Waals surface area (Å²) in [5.41, 5.74) is 5.29. The number of nitrogens with zero attached hydrogens (tertiary/aromatic N) is 5. The van der Waals surface area contributed by atoms with E-state index in [0.717, 1.165) is 4.57 Å². The third kappa shape index (κ3) is 3.96. The summed E-state index contributed by atoms with van der Waals surface area (Å²) in [6.07, 6.45) is 5.55. The molecule has 0 fully saturated rings. The van der Waals surface area contributed by atoms with E-state index in [4.69, 9.17) is 10.2 Å². The van der Waals surface area contributed by atoms with Crippen LogP contribution in [0.5, 0.6) is 0 Å². The molecule has 3 heterocycles. The minimum atomic E-state index is -1.06. The summed E-state index contributed by atoms with van der Waals surface area (Å²) in [5, 5.41) is 7.38. The Bertz CT molecular complexity index is 1280. The first-order valence-corrected chi connectivity index (χ1v) is 9.41. The van der Waals surface area contributed by atoms with Crippen molar-refractivity contribution in [3.63, 3.8) is 0 Å². The second-order valence-electron chi connectivity index (χ2n) is 6.32. The Labute approximate surface area is 176 Å². The molecular weight excluding hydrogens is 462 g/mol. The summed E-state index contributed by atoms with van der Waals surface area (Å²) >= 11 is 3.18. The van der Waals surface area contributed by atoms with Crippen molar-refractivity contribution in [1.82, 2.24) is 24.7 Å². The van der Waals surface area contributed by atoms with E-state index in [-0.39, 0.29) is 41.6 Å². The zero-order valence-corrected chi connectivity index (χ0v) is 16.8. The minimum absolute atomic E-state index is 0.0346. The molecule has 0 aliphatic heterocycles. The summed E-state index contributed by atoms with van der Waals surface area (Å²) in [6, 6.07) is 4.15. The van der Waals surface area contributed by atoms with Crippen molar-refractivity contribution in [1.29, 1.82) is 0 Å². The first kappa shape index (κ1) is 19.8. The average Bonchev–Trinajstić information content (AvgIpc) is 3.16. The largest absolute Gasteiger partial charge is 0.403 e. The van der Waals surface area contributed by atoms with Crippen LogP contribution in [0.1, 0.15) is 16.8 Å². The van der Waals surface area contributed by atoms with E-state index >= 15 is 4.39 Å². The maximum Gasteiger partial charge on any atom is 0.313 e. The van der Waals surface area contributed by atoms with E-state index in [1.54, 1.807) is 6.07 Å². The van der Waals surface area contributed by atoms with Crippen LogP contribution < -0.4 is 11.3 Å². The molecule has 1 aromatic carbocycles. The molecule has 0 amide bonds. The molecule has 4 rings (SSSR count). The van der Waals surface area contributed by atoms with Crippen LogP contribution in [0, 0.1) is 11.6 Å². The average molecular weight is 475 g/mol. The monoisotopic (exact) mass is 474 g/mol. The maximum absolute atomic E-state index is 15.2. The summed E-state index contributed by atoms with van der Waals surface area (Å²) < 4.78 is 36.4. The highest BCUT2D eigenvalue weighted by Crippen LogP contribution is 2.28. The lowest BCUT2D eigenvalue weighted by Gasteiger charge is -2.13. The van der Waals surface area contributed by atoms with Crippen molar-refractivity contribution in [3.8, 4) is 11.5 Å². The molecular formula is C19H13BrF2N6O2. The summed E-state index contributed by atoms with van der Waals surface area (Å²) in [5.74, 6) is -1.70. The minimum Gasteiger partial charge on any atom is -0.403 e. The van der Waals surface area contributed by atoms with Gasteiger partial charge in [0.15, 0.2) is 5.82 Å². The number of nitrogens with two attached hydrogens (primary N) is 1. The maximum atomic E-state index is 15.2. The van der Waals surface area contributed by atoms with Gasteiger partial charge in [0.1, 0.15) is 5.82 Å². The van der Waals surface area contributed by atoms with Crippen LogP contribution in [0.3, 0.4) is 0 Å². The Morgan fingerprint density at radius 3 is 2.70 bits per heavy atom.